The molecule has 0 aromatic rings. The zero-order valence-corrected chi connectivity index (χ0v) is 12.9. The smallest absolute Gasteiger partial charge is 0.142 e. The SMILES string of the molecule is C/C=C\C=C/CC(=O)C1CC=C(N(CC)CC)CC1O. The first-order valence-electron chi connectivity index (χ1n) is 7.56. The number of hydrogen-bond acceptors (Lipinski definition) is 3. The van der Waals surface area contributed by atoms with Crippen LogP contribution < -0.4 is 0 Å². The maximum absolute atomic E-state index is 12.1. The number of hydrogen-bond donors (Lipinski definition) is 1. The molecule has 0 aliphatic heterocycles. The molecule has 1 N–H and O–H groups in total. The van der Waals surface area contributed by atoms with Gasteiger partial charge in [-0.2, -0.15) is 0 Å². The Morgan fingerprint density at radius 1 is 1.40 bits per heavy atom. The number of aliphatic hydroxyl groups excluding tert-OH is 1. The van der Waals surface area contributed by atoms with Crippen LogP contribution in [0.5, 0.6) is 0 Å². The summed E-state index contributed by atoms with van der Waals surface area (Å²) >= 11 is 0. The van der Waals surface area contributed by atoms with E-state index in [1.165, 1.54) is 5.70 Å². The van der Waals surface area contributed by atoms with Gasteiger partial charge in [0.2, 0.25) is 0 Å². The molecule has 0 radical (unpaired) electrons. The summed E-state index contributed by atoms with van der Waals surface area (Å²) in [7, 11) is 0. The van der Waals surface area contributed by atoms with Gasteiger partial charge in [-0.1, -0.05) is 30.4 Å². The predicted octanol–water partition coefficient (Wildman–Crippen LogP) is 3.07. The highest BCUT2D eigenvalue weighted by molar-refractivity contribution is 5.83. The van der Waals surface area contributed by atoms with Gasteiger partial charge >= 0.3 is 0 Å². The topological polar surface area (TPSA) is 40.5 Å². The summed E-state index contributed by atoms with van der Waals surface area (Å²) in [5.74, 6) is -0.113. The van der Waals surface area contributed by atoms with Crippen molar-refractivity contribution in [3.63, 3.8) is 0 Å². The van der Waals surface area contributed by atoms with Gasteiger partial charge in [0.1, 0.15) is 5.78 Å². The second-order valence-electron chi connectivity index (χ2n) is 5.11. The number of Topliss-reactive ketones (excluding diaryl/α,β-unsaturated/α-hetero) is 1. The Labute approximate surface area is 122 Å². The molecule has 0 saturated carbocycles. The summed E-state index contributed by atoms with van der Waals surface area (Å²) in [4.78, 5) is 14.4. The third-order valence-corrected chi connectivity index (χ3v) is 3.83. The molecule has 0 spiro atoms. The number of rotatable bonds is 7. The van der Waals surface area contributed by atoms with Crippen LogP contribution in [0.4, 0.5) is 0 Å². The normalized spacial score (nSPS) is 23.3. The van der Waals surface area contributed by atoms with Crippen molar-refractivity contribution >= 4 is 5.78 Å². The van der Waals surface area contributed by atoms with Gasteiger partial charge in [0.15, 0.2) is 0 Å². The Kier molecular flexibility index (Phi) is 7.31. The molecule has 2 atom stereocenters. The van der Waals surface area contributed by atoms with Crippen molar-refractivity contribution in [2.24, 2.45) is 5.92 Å². The fraction of sp³-hybridized carbons (Fsp3) is 0.588. The highest BCUT2D eigenvalue weighted by Crippen LogP contribution is 2.27. The van der Waals surface area contributed by atoms with E-state index in [4.69, 9.17) is 0 Å². The Bertz CT molecular complexity index is 392. The van der Waals surface area contributed by atoms with Gasteiger partial charge in [-0.25, -0.2) is 0 Å². The first-order valence-corrected chi connectivity index (χ1v) is 7.56. The summed E-state index contributed by atoms with van der Waals surface area (Å²) < 4.78 is 0. The molecule has 0 amide bonds. The Morgan fingerprint density at radius 3 is 2.65 bits per heavy atom. The van der Waals surface area contributed by atoms with E-state index in [9.17, 15) is 9.90 Å². The molecule has 3 nitrogen and oxygen atoms in total. The maximum Gasteiger partial charge on any atom is 0.142 e. The highest BCUT2D eigenvalue weighted by Gasteiger charge is 2.30. The summed E-state index contributed by atoms with van der Waals surface area (Å²) in [6, 6.07) is 0. The summed E-state index contributed by atoms with van der Waals surface area (Å²) in [6.07, 6.45) is 10.8. The molecule has 0 saturated heterocycles. The molecular weight excluding hydrogens is 250 g/mol. The van der Waals surface area contributed by atoms with E-state index in [2.05, 4.69) is 24.8 Å². The lowest BCUT2D eigenvalue weighted by molar-refractivity contribution is -0.125. The molecule has 1 aliphatic rings. The third-order valence-electron chi connectivity index (χ3n) is 3.83. The first-order chi connectivity index (χ1) is 9.63. The molecule has 0 heterocycles. The van der Waals surface area contributed by atoms with Crippen LogP contribution in [-0.4, -0.2) is 35.0 Å². The van der Waals surface area contributed by atoms with Crippen LogP contribution in [-0.2, 0) is 4.79 Å². The lowest BCUT2D eigenvalue weighted by Crippen LogP contribution is -2.35. The van der Waals surface area contributed by atoms with Gasteiger partial charge in [0, 0.05) is 37.5 Å². The van der Waals surface area contributed by atoms with E-state index in [1.807, 2.05) is 31.2 Å². The number of carbonyl (C=O) groups is 1. The average Bonchev–Trinajstić information content (AvgIpc) is 2.45. The summed E-state index contributed by atoms with van der Waals surface area (Å²) in [6.45, 7) is 8.05. The maximum atomic E-state index is 12.1. The van der Waals surface area contributed by atoms with E-state index in [0.29, 0.717) is 19.3 Å². The van der Waals surface area contributed by atoms with Gasteiger partial charge in [-0.3, -0.25) is 4.79 Å². The third kappa shape index (κ3) is 4.64. The van der Waals surface area contributed by atoms with Gasteiger partial charge in [-0.15, -0.1) is 0 Å². The fourth-order valence-electron chi connectivity index (χ4n) is 2.62. The van der Waals surface area contributed by atoms with Crippen molar-refractivity contribution in [2.75, 3.05) is 13.1 Å². The average molecular weight is 277 g/mol. The van der Waals surface area contributed by atoms with Gasteiger partial charge in [-0.05, 0) is 27.2 Å². The van der Waals surface area contributed by atoms with Crippen LogP contribution in [0.2, 0.25) is 0 Å². The number of carbonyl (C=O) groups excluding carboxylic acids is 1. The minimum Gasteiger partial charge on any atom is -0.392 e. The van der Waals surface area contributed by atoms with Crippen molar-refractivity contribution < 1.29 is 9.90 Å². The first kappa shape index (κ1) is 16.7. The summed E-state index contributed by atoms with van der Waals surface area (Å²) in [5, 5.41) is 10.2. The largest absolute Gasteiger partial charge is 0.392 e. The van der Waals surface area contributed by atoms with Gasteiger partial charge in [0.05, 0.1) is 6.10 Å². The van der Waals surface area contributed by atoms with Crippen LogP contribution in [0.15, 0.2) is 36.1 Å². The quantitative estimate of drug-likeness (QED) is 0.727. The number of nitrogens with zero attached hydrogens (tertiary/aromatic N) is 1. The Hall–Kier alpha value is -1.35. The summed E-state index contributed by atoms with van der Waals surface area (Å²) in [5.41, 5.74) is 1.18. The molecule has 3 heteroatoms. The molecule has 0 bridgehead atoms. The molecule has 1 aliphatic carbocycles. The van der Waals surface area contributed by atoms with E-state index >= 15 is 0 Å². The molecule has 0 fully saturated rings. The van der Waals surface area contributed by atoms with Crippen LogP contribution in [0, 0.1) is 5.92 Å². The van der Waals surface area contributed by atoms with Crippen LogP contribution in [0.25, 0.3) is 0 Å². The van der Waals surface area contributed by atoms with Crippen molar-refractivity contribution in [2.45, 2.75) is 46.1 Å². The monoisotopic (exact) mass is 277 g/mol. The van der Waals surface area contributed by atoms with E-state index in [0.717, 1.165) is 13.1 Å². The molecule has 0 aromatic carbocycles. The van der Waals surface area contributed by atoms with Gasteiger partial charge in [0.25, 0.3) is 0 Å². The zero-order valence-electron chi connectivity index (χ0n) is 12.9. The second kappa shape index (κ2) is 8.75. The molecule has 112 valence electrons. The minimum atomic E-state index is -0.543. The van der Waals surface area contributed by atoms with E-state index < -0.39 is 6.10 Å². The molecule has 20 heavy (non-hydrogen) atoms. The molecule has 2 unspecified atom stereocenters. The lowest BCUT2D eigenvalue weighted by Gasteiger charge is -2.32. The van der Waals surface area contributed by atoms with E-state index in [-0.39, 0.29) is 11.7 Å². The highest BCUT2D eigenvalue weighted by atomic mass is 16.3. The van der Waals surface area contributed by atoms with Gasteiger partial charge < -0.3 is 10.0 Å². The standard InChI is InChI=1S/C17H27NO2/c1-4-7-8-9-10-16(19)15-12-11-14(13-17(15)20)18(5-2)6-3/h4,7-9,11,15,17,20H,5-6,10,12-13H2,1-3H3/b7-4-,9-8-. The number of aliphatic hydroxyl groups is 1. The number of ketones is 1. The van der Waals surface area contributed by atoms with Crippen LogP contribution in [0.3, 0.4) is 0 Å². The van der Waals surface area contributed by atoms with Crippen LogP contribution in [0.1, 0.15) is 40.0 Å². The van der Waals surface area contributed by atoms with Crippen molar-refractivity contribution in [3.05, 3.63) is 36.1 Å². The predicted molar refractivity (Wildman–Crippen MR) is 83.3 cm³/mol. The van der Waals surface area contributed by atoms with Crippen molar-refractivity contribution in [3.8, 4) is 0 Å². The zero-order chi connectivity index (χ0) is 15.0. The lowest BCUT2D eigenvalue weighted by atomic mass is 9.84. The molecule has 0 aromatic heterocycles. The molecule has 1 rings (SSSR count). The van der Waals surface area contributed by atoms with Crippen molar-refractivity contribution in [1.82, 2.24) is 4.90 Å². The van der Waals surface area contributed by atoms with Crippen LogP contribution >= 0.6 is 0 Å². The minimum absolute atomic E-state index is 0.133. The number of allylic oxidation sites excluding steroid dienone is 5. The fourth-order valence-corrected chi connectivity index (χ4v) is 2.62. The van der Waals surface area contributed by atoms with Crippen molar-refractivity contribution in [1.29, 1.82) is 0 Å². The molecular formula is C17H27NO2. The Balaban J connectivity index is 2.60. The second-order valence-corrected chi connectivity index (χ2v) is 5.11. The van der Waals surface area contributed by atoms with E-state index in [1.54, 1.807) is 0 Å². The Morgan fingerprint density at radius 2 is 2.10 bits per heavy atom.